The Labute approximate surface area is 117 Å². The SMILES string of the molecule is CCOC(=O)c1nc(N(C)C2CCOC2C)sc1C. The van der Waals surface area contributed by atoms with Crippen molar-refractivity contribution in [1.82, 2.24) is 4.98 Å². The highest BCUT2D eigenvalue weighted by Gasteiger charge is 2.30. The van der Waals surface area contributed by atoms with E-state index in [4.69, 9.17) is 9.47 Å². The zero-order valence-corrected chi connectivity index (χ0v) is 12.6. The Morgan fingerprint density at radius 3 is 2.95 bits per heavy atom. The lowest BCUT2D eigenvalue weighted by atomic mass is 10.1. The number of rotatable bonds is 4. The standard InChI is InChI=1S/C13H20N2O3S/c1-5-17-12(16)11-9(3)19-13(14-11)15(4)10-6-7-18-8(10)2/h8,10H,5-7H2,1-4H3. The van der Waals surface area contributed by atoms with Crippen LogP contribution in [0, 0.1) is 6.92 Å². The molecule has 19 heavy (non-hydrogen) atoms. The molecule has 0 N–H and O–H groups in total. The minimum Gasteiger partial charge on any atom is -0.461 e. The van der Waals surface area contributed by atoms with Crippen LogP contribution >= 0.6 is 11.3 Å². The van der Waals surface area contributed by atoms with Gasteiger partial charge in [-0.25, -0.2) is 9.78 Å². The minimum absolute atomic E-state index is 0.195. The summed E-state index contributed by atoms with van der Waals surface area (Å²) in [6, 6.07) is 0.320. The lowest BCUT2D eigenvalue weighted by Gasteiger charge is -2.25. The van der Waals surface area contributed by atoms with Crippen molar-refractivity contribution in [3.05, 3.63) is 10.6 Å². The molecule has 2 heterocycles. The lowest BCUT2D eigenvalue weighted by molar-refractivity contribution is 0.0519. The number of aromatic nitrogens is 1. The van der Waals surface area contributed by atoms with Crippen LogP contribution in [0.15, 0.2) is 0 Å². The number of carbonyl (C=O) groups excluding carboxylic acids is 1. The summed E-state index contributed by atoms with van der Waals surface area (Å²) in [5.41, 5.74) is 0.431. The quantitative estimate of drug-likeness (QED) is 0.794. The van der Waals surface area contributed by atoms with Crippen LogP contribution in [-0.4, -0.2) is 43.4 Å². The predicted octanol–water partition coefficient (Wildman–Crippen LogP) is 2.24. The van der Waals surface area contributed by atoms with Gasteiger partial charge in [0, 0.05) is 18.5 Å². The lowest BCUT2D eigenvalue weighted by Crippen LogP contribution is -2.36. The van der Waals surface area contributed by atoms with Crippen molar-refractivity contribution >= 4 is 22.4 Å². The fraction of sp³-hybridized carbons (Fsp3) is 0.692. The molecule has 0 aromatic carbocycles. The van der Waals surface area contributed by atoms with Crippen LogP contribution in [0.5, 0.6) is 0 Å². The summed E-state index contributed by atoms with van der Waals surface area (Å²) in [7, 11) is 2.00. The van der Waals surface area contributed by atoms with E-state index in [0.29, 0.717) is 18.3 Å². The molecule has 0 saturated carbocycles. The molecule has 0 radical (unpaired) electrons. The number of thiazole rings is 1. The van der Waals surface area contributed by atoms with Gasteiger partial charge in [-0.3, -0.25) is 0 Å². The fourth-order valence-corrected chi connectivity index (χ4v) is 3.21. The number of nitrogens with zero attached hydrogens (tertiary/aromatic N) is 2. The molecule has 0 amide bonds. The first-order valence-electron chi connectivity index (χ1n) is 6.53. The Kier molecular flexibility index (Phi) is 4.42. The second-order valence-corrected chi connectivity index (χ2v) is 5.85. The third kappa shape index (κ3) is 2.90. The van der Waals surface area contributed by atoms with Gasteiger partial charge in [0.25, 0.3) is 0 Å². The summed E-state index contributed by atoms with van der Waals surface area (Å²) in [6.45, 7) is 6.92. The van der Waals surface area contributed by atoms with Crippen molar-refractivity contribution in [1.29, 1.82) is 0 Å². The van der Waals surface area contributed by atoms with Crippen LogP contribution in [0.3, 0.4) is 0 Å². The van der Waals surface area contributed by atoms with Crippen LogP contribution in [0.1, 0.15) is 35.6 Å². The molecular formula is C13H20N2O3S. The first-order chi connectivity index (χ1) is 9.04. The maximum absolute atomic E-state index is 11.8. The smallest absolute Gasteiger partial charge is 0.358 e. The number of carbonyl (C=O) groups is 1. The Bertz CT molecular complexity index is 461. The highest BCUT2D eigenvalue weighted by atomic mass is 32.1. The zero-order chi connectivity index (χ0) is 14.0. The summed E-state index contributed by atoms with van der Waals surface area (Å²) in [4.78, 5) is 19.2. The summed E-state index contributed by atoms with van der Waals surface area (Å²) in [6.07, 6.45) is 1.19. The zero-order valence-electron chi connectivity index (χ0n) is 11.8. The van der Waals surface area contributed by atoms with Crippen LogP contribution in [-0.2, 0) is 9.47 Å². The van der Waals surface area contributed by atoms with Crippen molar-refractivity contribution in [2.45, 2.75) is 39.3 Å². The molecule has 2 atom stereocenters. The molecule has 1 fully saturated rings. The Hall–Kier alpha value is -1.14. The van der Waals surface area contributed by atoms with Crippen LogP contribution in [0.4, 0.5) is 5.13 Å². The Morgan fingerprint density at radius 2 is 2.37 bits per heavy atom. The van der Waals surface area contributed by atoms with Gasteiger partial charge in [-0.05, 0) is 27.2 Å². The third-order valence-electron chi connectivity index (χ3n) is 3.39. The van der Waals surface area contributed by atoms with Crippen LogP contribution in [0.25, 0.3) is 0 Å². The first-order valence-corrected chi connectivity index (χ1v) is 7.35. The van der Waals surface area contributed by atoms with Gasteiger partial charge in [-0.1, -0.05) is 0 Å². The average Bonchev–Trinajstić information content (AvgIpc) is 2.95. The highest BCUT2D eigenvalue weighted by molar-refractivity contribution is 7.15. The number of likely N-dealkylation sites (N-methyl/N-ethyl adjacent to an activating group) is 1. The molecule has 1 saturated heterocycles. The summed E-state index contributed by atoms with van der Waals surface area (Å²) >= 11 is 1.52. The number of hydrogen-bond donors (Lipinski definition) is 0. The largest absolute Gasteiger partial charge is 0.461 e. The Balaban J connectivity index is 2.17. The molecule has 1 aromatic rings. The topological polar surface area (TPSA) is 51.7 Å². The van der Waals surface area contributed by atoms with Crippen molar-refractivity contribution in [2.24, 2.45) is 0 Å². The van der Waals surface area contributed by atoms with Gasteiger partial charge in [-0.15, -0.1) is 11.3 Å². The van der Waals surface area contributed by atoms with E-state index in [1.54, 1.807) is 6.92 Å². The van der Waals surface area contributed by atoms with Crippen molar-refractivity contribution in [2.75, 3.05) is 25.2 Å². The van der Waals surface area contributed by atoms with Gasteiger partial charge in [0.1, 0.15) is 0 Å². The summed E-state index contributed by atoms with van der Waals surface area (Å²) in [5.74, 6) is -0.341. The van der Waals surface area contributed by atoms with E-state index in [9.17, 15) is 4.79 Å². The van der Waals surface area contributed by atoms with E-state index in [2.05, 4.69) is 16.8 Å². The van der Waals surface area contributed by atoms with Gasteiger partial charge < -0.3 is 14.4 Å². The van der Waals surface area contributed by atoms with E-state index in [0.717, 1.165) is 23.0 Å². The fourth-order valence-electron chi connectivity index (χ4n) is 2.29. The molecule has 6 heteroatoms. The molecule has 0 bridgehead atoms. The van der Waals surface area contributed by atoms with Crippen molar-refractivity contribution in [3.8, 4) is 0 Å². The van der Waals surface area contributed by atoms with Gasteiger partial charge in [0.05, 0.1) is 18.8 Å². The Morgan fingerprint density at radius 1 is 1.63 bits per heavy atom. The molecule has 1 aromatic heterocycles. The molecule has 2 unspecified atom stereocenters. The summed E-state index contributed by atoms with van der Waals surface area (Å²) in [5, 5.41) is 0.850. The highest BCUT2D eigenvalue weighted by Crippen LogP contribution is 2.30. The molecule has 106 valence electrons. The van der Waals surface area contributed by atoms with Gasteiger partial charge >= 0.3 is 5.97 Å². The number of hydrogen-bond acceptors (Lipinski definition) is 6. The normalized spacial score (nSPS) is 22.5. The minimum atomic E-state index is -0.341. The second kappa shape index (κ2) is 5.88. The van der Waals surface area contributed by atoms with E-state index < -0.39 is 0 Å². The van der Waals surface area contributed by atoms with E-state index in [1.165, 1.54) is 11.3 Å². The number of aryl methyl sites for hydroxylation is 1. The monoisotopic (exact) mass is 284 g/mol. The van der Waals surface area contributed by atoms with Crippen LogP contribution < -0.4 is 4.90 Å². The van der Waals surface area contributed by atoms with Crippen LogP contribution in [0.2, 0.25) is 0 Å². The molecule has 0 aliphatic carbocycles. The third-order valence-corrected chi connectivity index (χ3v) is 4.45. The van der Waals surface area contributed by atoms with Crippen molar-refractivity contribution < 1.29 is 14.3 Å². The van der Waals surface area contributed by atoms with E-state index in [1.807, 2.05) is 14.0 Å². The number of anilines is 1. The maximum atomic E-state index is 11.8. The van der Waals surface area contributed by atoms with E-state index >= 15 is 0 Å². The molecule has 5 nitrogen and oxygen atoms in total. The maximum Gasteiger partial charge on any atom is 0.358 e. The molecule has 0 spiro atoms. The predicted molar refractivity (Wildman–Crippen MR) is 75.0 cm³/mol. The van der Waals surface area contributed by atoms with Gasteiger partial charge in [0.15, 0.2) is 10.8 Å². The molecule has 1 aliphatic heterocycles. The van der Waals surface area contributed by atoms with Gasteiger partial charge in [0.2, 0.25) is 0 Å². The van der Waals surface area contributed by atoms with Gasteiger partial charge in [-0.2, -0.15) is 0 Å². The number of ether oxygens (including phenoxy) is 2. The summed E-state index contributed by atoms with van der Waals surface area (Å²) < 4.78 is 10.6. The van der Waals surface area contributed by atoms with E-state index in [-0.39, 0.29) is 12.1 Å². The first kappa shape index (κ1) is 14.3. The second-order valence-electron chi connectivity index (χ2n) is 4.66. The average molecular weight is 284 g/mol. The molecule has 2 rings (SSSR count). The molecule has 1 aliphatic rings. The molecular weight excluding hydrogens is 264 g/mol. The number of esters is 1. The van der Waals surface area contributed by atoms with Crippen molar-refractivity contribution in [3.63, 3.8) is 0 Å².